The summed E-state index contributed by atoms with van der Waals surface area (Å²) in [6.45, 7) is 2.40. The average Bonchev–Trinajstić information content (AvgIpc) is 3.21. The molecule has 3 rings (SSSR count). The van der Waals surface area contributed by atoms with Crippen molar-refractivity contribution in [3.8, 4) is 5.88 Å². The molecule has 0 bridgehead atoms. The Morgan fingerprint density at radius 3 is 2.78 bits per heavy atom. The van der Waals surface area contributed by atoms with Gasteiger partial charge in [-0.3, -0.25) is 24.3 Å². The molecule has 0 spiro atoms. The van der Waals surface area contributed by atoms with Crippen LogP contribution in [0.3, 0.4) is 0 Å². The first-order valence-electron chi connectivity index (χ1n) is 8.09. The Morgan fingerprint density at radius 1 is 1.30 bits per heavy atom. The van der Waals surface area contributed by atoms with Crippen molar-refractivity contribution in [2.24, 2.45) is 0 Å². The molecule has 1 N–H and O–H groups in total. The van der Waals surface area contributed by atoms with Gasteiger partial charge in [-0.05, 0) is 12.5 Å². The summed E-state index contributed by atoms with van der Waals surface area (Å²) in [5, 5.41) is 21.7. The molecule has 2 heterocycles. The lowest BCUT2D eigenvalue weighted by molar-refractivity contribution is -0.385. The number of carbonyl (C=O) groups excluding carboxylic acids is 1. The highest BCUT2D eigenvalue weighted by Gasteiger charge is 2.21. The van der Waals surface area contributed by atoms with Gasteiger partial charge in [0.05, 0.1) is 18.6 Å². The Bertz CT molecular complexity index is 977. The van der Waals surface area contributed by atoms with E-state index >= 15 is 0 Å². The van der Waals surface area contributed by atoms with Crippen LogP contribution in [0.1, 0.15) is 11.1 Å². The third kappa shape index (κ3) is 4.48. The Morgan fingerprint density at radius 2 is 2.11 bits per heavy atom. The van der Waals surface area contributed by atoms with Crippen molar-refractivity contribution >= 4 is 17.4 Å². The lowest BCUT2D eigenvalue weighted by Gasteiger charge is -2.04. The number of carbonyl (C=O) groups is 1. The summed E-state index contributed by atoms with van der Waals surface area (Å²) in [6, 6.07) is 9.75. The lowest BCUT2D eigenvalue weighted by Crippen LogP contribution is -2.19. The van der Waals surface area contributed by atoms with E-state index in [9.17, 15) is 14.9 Å². The predicted molar refractivity (Wildman–Crippen MR) is 96.6 cm³/mol. The van der Waals surface area contributed by atoms with Gasteiger partial charge in [-0.15, -0.1) is 5.10 Å². The summed E-state index contributed by atoms with van der Waals surface area (Å²) < 4.78 is 7.70. The zero-order valence-electron chi connectivity index (χ0n) is 14.8. The molecule has 0 atom stereocenters. The topological polar surface area (TPSA) is 117 Å². The quantitative estimate of drug-likeness (QED) is 0.502. The number of aromatic nitrogens is 4. The summed E-state index contributed by atoms with van der Waals surface area (Å²) in [5.74, 6) is -0.160. The first kappa shape index (κ1) is 18.1. The number of amides is 1. The second-order valence-electron chi connectivity index (χ2n) is 5.91. The number of benzene rings is 1. The van der Waals surface area contributed by atoms with Crippen LogP contribution in [0.25, 0.3) is 0 Å². The number of ether oxygens (including phenoxy) is 1. The summed E-state index contributed by atoms with van der Waals surface area (Å²) in [6.07, 6.45) is 2.91. The molecule has 3 aromatic rings. The number of anilines is 1. The maximum absolute atomic E-state index is 12.1. The van der Waals surface area contributed by atoms with E-state index in [-0.39, 0.29) is 18.1 Å². The highest BCUT2D eigenvalue weighted by Crippen LogP contribution is 2.23. The van der Waals surface area contributed by atoms with E-state index < -0.39 is 10.8 Å². The van der Waals surface area contributed by atoms with E-state index in [4.69, 9.17) is 4.74 Å². The summed E-state index contributed by atoms with van der Waals surface area (Å²) >= 11 is 0. The van der Waals surface area contributed by atoms with Crippen molar-refractivity contribution in [2.75, 3.05) is 12.4 Å². The molecule has 140 valence electrons. The van der Waals surface area contributed by atoms with Crippen LogP contribution in [-0.4, -0.2) is 37.5 Å². The molecule has 0 unspecified atom stereocenters. The highest BCUT2D eigenvalue weighted by molar-refractivity contribution is 5.89. The van der Waals surface area contributed by atoms with Gasteiger partial charge in [0, 0.05) is 12.3 Å². The number of hydrogen-bond donors (Lipinski definition) is 1. The molecule has 0 aliphatic heterocycles. The molecule has 2 aromatic heterocycles. The van der Waals surface area contributed by atoms with E-state index in [0.717, 1.165) is 22.0 Å². The molecule has 1 aromatic carbocycles. The fraction of sp³-hybridized carbons (Fsp3) is 0.235. The Balaban J connectivity index is 1.62. The van der Waals surface area contributed by atoms with E-state index in [0.29, 0.717) is 12.4 Å². The van der Waals surface area contributed by atoms with Crippen molar-refractivity contribution < 1.29 is 14.5 Å². The van der Waals surface area contributed by atoms with Crippen LogP contribution < -0.4 is 10.1 Å². The monoisotopic (exact) mass is 370 g/mol. The minimum atomic E-state index is -0.618. The van der Waals surface area contributed by atoms with Gasteiger partial charge >= 0.3 is 11.6 Å². The smallest absolute Gasteiger partial charge is 0.350 e. The van der Waals surface area contributed by atoms with Gasteiger partial charge < -0.3 is 10.1 Å². The van der Waals surface area contributed by atoms with Gasteiger partial charge in [-0.1, -0.05) is 29.8 Å². The third-order valence-corrected chi connectivity index (χ3v) is 3.74. The van der Waals surface area contributed by atoms with Gasteiger partial charge in [0.2, 0.25) is 5.91 Å². The maximum Gasteiger partial charge on any atom is 0.350 e. The van der Waals surface area contributed by atoms with Crippen molar-refractivity contribution in [3.05, 3.63) is 64.0 Å². The van der Waals surface area contributed by atoms with Gasteiger partial charge in [-0.2, -0.15) is 5.10 Å². The fourth-order valence-electron chi connectivity index (χ4n) is 2.59. The Labute approximate surface area is 154 Å². The first-order chi connectivity index (χ1) is 12.9. The van der Waals surface area contributed by atoms with E-state index in [1.54, 1.807) is 16.9 Å². The molecule has 0 saturated carbocycles. The van der Waals surface area contributed by atoms with Gasteiger partial charge in [0.1, 0.15) is 12.7 Å². The number of nitrogens with zero attached hydrogens (tertiary/aromatic N) is 5. The van der Waals surface area contributed by atoms with Crippen LogP contribution >= 0.6 is 0 Å². The van der Waals surface area contributed by atoms with Crippen LogP contribution in [0.5, 0.6) is 5.88 Å². The predicted octanol–water partition coefficient (Wildman–Crippen LogP) is 1.99. The Hall–Kier alpha value is -3.69. The molecular formula is C17H18N6O4. The van der Waals surface area contributed by atoms with Gasteiger partial charge in [-0.25, -0.2) is 0 Å². The number of methoxy groups -OCH3 is 1. The summed E-state index contributed by atoms with van der Waals surface area (Å²) in [5.41, 5.74) is 1.97. The number of nitro groups is 1. The zero-order chi connectivity index (χ0) is 19.4. The molecule has 0 fully saturated rings. The van der Waals surface area contributed by atoms with Crippen LogP contribution in [0.4, 0.5) is 11.5 Å². The molecule has 10 heteroatoms. The number of hydrogen-bond acceptors (Lipinski definition) is 6. The van der Waals surface area contributed by atoms with Gasteiger partial charge in [0.25, 0.3) is 0 Å². The second-order valence-corrected chi connectivity index (χ2v) is 5.91. The van der Waals surface area contributed by atoms with E-state index in [1.807, 2.05) is 25.1 Å². The third-order valence-electron chi connectivity index (χ3n) is 3.74. The fourth-order valence-corrected chi connectivity index (χ4v) is 2.59. The molecule has 0 aliphatic carbocycles. The molecule has 0 aliphatic rings. The number of rotatable bonds is 7. The average molecular weight is 370 g/mol. The normalized spacial score (nSPS) is 10.6. The highest BCUT2D eigenvalue weighted by atomic mass is 16.6. The van der Waals surface area contributed by atoms with Crippen LogP contribution in [0.2, 0.25) is 0 Å². The maximum atomic E-state index is 12.1. The standard InChI is InChI=1S/C17H18N6O4/c1-12-4-3-5-13(8-12)9-21-7-6-15(19-21)18-16(24)11-22-10-14(23(25)26)17(20-22)27-2/h3-8,10H,9,11H2,1-2H3,(H,18,19,24). The summed E-state index contributed by atoms with van der Waals surface area (Å²) in [4.78, 5) is 22.4. The van der Waals surface area contributed by atoms with Crippen LogP contribution in [-0.2, 0) is 17.9 Å². The second kappa shape index (κ2) is 7.68. The number of nitrogens with one attached hydrogen (secondary N) is 1. The van der Waals surface area contributed by atoms with Crippen molar-refractivity contribution in [1.29, 1.82) is 0 Å². The van der Waals surface area contributed by atoms with Crippen molar-refractivity contribution in [2.45, 2.75) is 20.0 Å². The van der Waals surface area contributed by atoms with E-state index in [2.05, 4.69) is 21.6 Å². The molecule has 27 heavy (non-hydrogen) atoms. The largest absolute Gasteiger partial charge is 0.475 e. The van der Waals surface area contributed by atoms with Crippen LogP contribution in [0, 0.1) is 17.0 Å². The van der Waals surface area contributed by atoms with Crippen LogP contribution in [0.15, 0.2) is 42.7 Å². The zero-order valence-corrected chi connectivity index (χ0v) is 14.8. The molecule has 0 radical (unpaired) electrons. The first-order valence-corrected chi connectivity index (χ1v) is 8.09. The summed E-state index contributed by atoms with van der Waals surface area (Å²) in [7, 11) is 1.28. The molecule has 0 saturated heterocycles. The lowest BCUT2D eigenvalue weighted by atomic mass is 10.1. The number of aryl methyl sites for hydroxylation is 1. The molecule has 1 amide bonds. The van der Waals surface area contributed by atoms with E-state index in [1.165, 1.54) is 7.11 Å². The van der Waals surface area contributed by atoms with Crippen molar-refractivity contribution in [1.82, 2.24) is 19.6 Å². The minimum absolute atomic E-state index is 0.143. The van der Waals surface area contributed by atoms with Gasteiger partial charge in [0.15, 0.2) is 5.82 Å². The Kier molecular flexibility index (Phi) is 5.15. The molecular weight excluding hydrogens is 352 g/mol. The minimum Gasteiger partial charge on any atom is -0.475 e. The SMILES string of the molecule is COc1nn(CC(=O)Nc2ccn(Cc3cccc(C)c3)n2)cc1[N+](=O)[O-]. The molecule has 10 nitrogen and oxygen atoms in total. The van der Waals surface area contributed by atoms with Crippen molar-refractivity contribution in [3.63, 3.8) is 0 Å².